The molecule has 1 aromatic heterocycles. The number of sulfonamides is 1. The number of piperidine rings is 1. The van der Waals surface area contributed by atoms with Crippen molar-refractivity contribution < 1.29 is 8.42 Å². The van der Waals surface area contributed by atoms with Crippen molar-refractivity contribution in [2.45, 2.75) is 23.8 Å². The molecule has 0 aliphatic carbocycles. The number of fused-ring (bicyclic) bond motifs is 1. The highest BCUT2D eigenvalue weighted by molar-refractivity contribution is 7.89. The molecule has 3 heterocycles. The van der Waals surface area contributed by atoms with E-state index >= 15 is 0 Å². The Labute approximate surface area is 118 Å². The van der Waals surface area contributed by atoms with Gasteiger partial charge >= 0.3 is 0 Å². The molecular weight excluding hydrogens is 276 g/mol. The Kier molecular flexibility index (Phi) is 3.46. The van der Waals surface area contributed by atoms with Gasteiger partial charge in [-0.25, -0.2) is 13.4 Å². The Bertz CT molecular complexity index is 621. The molecule has 1 aromatic rings. The standard InChI is InChI=1S/C13H16N4O2S/c14-6-11-3-4-12(7-16-11)20(18,19)17-8-10-2-1-5-15-13(10)9-17/h3-4,7,10,13,15H,1-2,5,8-9H2/t10-,13+/m0/s1. The summed E-state index contributed by atoms with van der Waals surface area (Å²) in [7, 11) is -3.50. The van der Waals surface area contributed by atoms with E-state index in [-0.39, 0.29) is 16.6 Å². The molecule has 2 aliphatic heterocycles. The molecule has 0 aromatic carbocycles. The van der Waals surface area contributed by atoms with Crippen LogP contribution in [0.15, 0.2) is 23.2 Å². The molecule has 0 bridgehead atoms. The van der Waals surface area contributed by atoms with Crippen molar-refractivity contribution in [3.8, 4) is 6.07 Å². The second kappa shape index (κ2) is 5.13. The summed E-state index contributed by atoms with van der Waals surface area (Å²) < 4.78 is 26.6. The van der Waals surface area contributed by atoms with Gasteiger partial charge in [0, 0.05) is 25.3 Å². The van der Waals surface area contributed by atoms with E-state index in [4.69, 9.17) is 5.26 Å². The van der Waals surface area contributed by atoms with Gasteiger partial charge in [-0.05, 0) is 37.4 Å². The van der Waals surface area contributed by atoms with E-state index in [1.807, 2.05) is 6.07 Å². The zero-order valence-corrected chi connectivity index (χ0v) is 11.8. The monoisotopic (exact) mass is 292 g/mol. The van der Waals surface area contributed by atoms with Gasteiger partial charge in [-0.1, -0.05) is 0 Å². The fourth-order valence-corrected chi connectivity index (χ4v) is 4.42. The molecule has 0 amide bonds. The summed E-state index contributed by atoms with van der Waals surface area (Å²) in [5.41, 5.74) is 0.223. The van der Waals surface area contributed by atoms with E-state index in [0.717, 1.165) is 19.4 Å². The first-order valence-corrected chi connectivity index (χ1v) is 8.15. The van der Waals surface area contributed by atoms with Gasteiger partial charge in [0.1, 0.15) is 16.7 Å². The highest BCUT2D eigenvalue weighted by Crippen LogP contribution is 2.29. The lowest BCUT2D eigenvalue weighted by molar-refractivity contribution is 0.339. The van der Waals surface area contributed by atoms with E-state index in [1.165, 1.54) is 22.6 Å². The van der Waals surface area contributed by atoms with Crippen LogP contribution in [-0.4, -0.2) is 43.4 Å². The molecule has 0 saturated carbocycles. The molecule has 2 fully saturated rings. The van der Waals surface area contributed by atoms with Crippen LogP contribution in [0, 0.1) is 17.2 Å². The number of hydrogen-bond acceptors (Lipinski definition) is 5. The summed E-state index contributed by atoms with van der Waals surface area (Å²) in [6.07, 6.45) is 3.45. The van der Waals surface area contributed by atoms with Crippen LogP contribution >= 0.6 is 0 Å². The number of hydrogen-bond donors (Lipinski definition) is 1. The maximum absolute atomic E-state index is 12.6. The van der Waals surface area contributed by atoms with Gasteiger partial charge in [0.05, 0.1) is 0 Å². The molecule has 0 spiro atoms. The van der Waals surface area contributed by atoms with Crippen LogP contribution in [0.2, 0.25) is 0 Å². The van der Waals surface area contributed by atoms with E-state index in [9.17, 15) is 8.42 Å². The first-order valence-electron chi connectivity index (χ1n) is 6.71. The molecular formula is C13H16N4O2S. The molecule has 2 atom stereocenters. The van der Waals surface area contributed by atoms with Crippen molar-refractivity contribution in [3.05, 3.63) is 24.0 Å². The normalized spacial score (nSPS) is 26.9. The third-order valence-electron chi connectivity index (χ3n) is 4.05. The van der Waals surface area contributed by atoms with Crippen LogP contribution < -0.4 is 5.32 Å². The van der Waals surface area contributed by atoms with Crippen molar-refractivity contribution in [2.24, 2.45) is 5.92 Å². The lowest BCUT2D eigenvalue weighted by Crippen LogP contribution is -2.41. The van der Waals surface area contributed by atoms with Crippen LogP contribution in [0.4, 0.5) is 0 Å². The third-order valence-corrected chi connectivity index (χ3v) is 5.87. The topological polar surface area (TPSA) is 86.1 Å². The highest BCUT2D eigenvalue weighted by Gasteiger charge is 2.40. The Morgan fingerprint density at radius 2 is 2.25 bits per heavy atom. The molecule has 2 aliphatic rings. The largest absolute Gasteiger partial charge is 0.312 e. The molecule has 0 radical (unpaired) electrons. The van der Waals surface area contributed by atoms with Crippen molar-refractivity contribution >= 4 is 10.0 Å². The number of nitrogens with zero attached hydrogens (tertiary/aromatic N) is 3. The minimum atomic E-state index is -3.50. The SMILES string of the molecule is N#Cc1ccc(S(=O)(=O)N2C[C@@H]3CCCN[C@@H]3C2)cn1. The van der Waals surface area contributed by atoms with Gasteiger partial charge in [-0.2, -0.15) is 9.57 Å². The van der Waals surface area contributed by atoms with Crippen LogP contribution in [0.5, 0.6) is 0 Å². The van der Waals surface area contributed by atoms with E-state index in [2.05, 4.69) is 10.3 Å². The van der Waals surface area contributed by atoms with Gasteiger partial charge in [-0.15, -0.1) is 0 Å². The molecule has 1 N–H and O–H groups in total. The smallest absolute Gasteiger partial charge is 0.244 e. The summed E-state index contributed by atoms with van der Waals surface area (Å²) >= 11 is 0. The van der Waals surface area contributed by atoms with Crippen molar-refractivity contribution in [1.29, 1.82) is 5.26 Å². The Morgan fingerprint density at radius 1 is 1.40 bits per heavy atom. The van der Waals surface area contributed by atoms with Crippen LogP contribution in [0.1, 0.15) is 18.5 Å². The quantitative estimate of drug-likeness (QED) is 0.848. The molecule has 7 heteroatoms. The zero-order valence-electron chi connectivity index (χ0n) is 11.0. The van der Waals surface area contributed by atoms with Crippen LogP contribution in [0.25, 0.3) is 0 Å². The lowest BCUT2D eigenvalue weighted by atomic mass is 9.94. The molecule has 3 rings (SSSR count). The van der Waals surface area contributed by atoms with Gasteiger partial charge in [0.15, 0.2) is 0 Å². The summed E-state index contributed by atoms with van der Waals surface area (Å²) in [6.45, 7) is 2.06. The van der Waals surface area contributed by atoms with Crippen molar-refractivity contribution in [1.82, 2.24) is 14.6 Å². The van der Waals surface area contributed by atoms with Gasteiger partial charge in [0.2, 0.25) is 10.0 Å². The second-order valence-electron chi connectivity index (χ2n) is 5.28. The van der Waals surface area contributed by atoms with Gasteiger partial charge in [0.25, 0.3) is 0 Å². The first-order chi connectivity index (χ1) is 9.61. The molecule has 0 unspecified atom stereocenters. The first kappa shape index (κ1) is 13.5. The second-order valence-corrected chi connectivity index (χ2v) is 7.21. The Balaban J connectivity index is 1.83. The maximum atomic E-state index is 12.6. The lowest BCUT2D eigenvalue weighted by Gasteiger charge is -2.24. The number of nitrogens with one attached hydrogen (secondary N) is 1. The summed E-state index contributed by atoms with van der Waals surface area (Å²) in [5, 5.41) is 12.1. The maximum Gasteiger partial charge on any atom is 0.244 e. The predicted molar refractivity (Wildman–Crippen MR) is 72.2 cm³/mol. The number of pyridine rings is 1. The third kappa shape index (κ3) is 2.30. The highest BCUT2D eigenvalue weighted by atomic mass is 32.2. The summed E-state index contributed by atoms with van der Waals surface area (Å²) in [6, 6.07) is 5.05. The zero-order chi connectivity index (χ0) is 14.2. The van der Waals surface area contributed by atoms with E-state index in [1.54, 1.807) is 0 Å². The Hall–Kier alpha value is -1.49. The average Bonchev–Trinajstić information content (AvgIpc) is 2.92. The summed E-state index contributed by atoms with van der Waals surface area (Å²) in [4.78, 5) is 4.01. The predicted octanol–water partition coefficient (Wildman–Crippen LogP) is 0.326. The van der Waals surface area contributed by atoms with E-state index in [0.29, 0.717) is 19.0 Å². The van der Waals surface area contributed by atoms with Crippen molar-refractivity contribution in [2.75, 3.05) is 19.6 Å². The minimum Gasteiger partial charge on any atom is -0.312 e. The Morgan fingerprint density at radius 3 is 2.90 bits per heavy atom. The molecule has 106 valence electrons. The summed E-state index contributed by atoms with van der Waals surface area (Å²) in [5.74, 6) is 0.407. The van der Waals surface area contributed by atoms with Crippen molar-refractivity contribution in [3.63, 3.8) is 0 Å². The van der Waals surface area contributed by atoms with E-state index < -0.39 is 10.0 Å². The van der Waals surface area contributed by atoms with Crippen LogP contribution in [0.3, 0.4) is 0 Å². The number of rotatable bonds is 2. The van der Waals surface area contributed by atoms with Gasteiger partial charge in [-0.3, -0.25) is 0 Å². The fourth-order valence-electron chi connectivity index (χ4n) is 2.95. The van der Waals surface area contributed by atoms with Crippen LogP contribution in [-0.2, 0) is 10.0 Å². The molecule has 2 saturated heterocycles. The minimum absolute atomic E-state index is 0.162. The average molecular weight is 292 g/mol. The fraction of sp³-hybridized carbons (Fsp3) is 0.538. The molecule has 20 heavy (non-hydrogen) atoms. The molecule has 6 nitrogen and oxygen atoms in total. The number of nitriles is 1. The van der Waals surface area contributed by atoms with Gasteiger partial charge < -0.3 is 5.32 Å². The number of aromatic nitrogens is 1.